The van der Waals surface area contributed by atoms with Gasteiger partial charge in [-0.25, -0.2) is 0 Å². The molecule has 0 rings (SSSR count). The van der Waals surface area contributed by atoms with E-state index >= 15 is 0 Å². The summed E-state index contributed by atoms with van der Waals surface area (Å²) in [5.74, 6) is 0. The predicted molar refractivity (Wildman–Crippen MR) is 50.9 cm³/mol. The van der Waals surface area contributed by atoms with Gasteiger partial charge < -0.3 is 0 Å². The number of nitrogens with zero attached hydrogens (tertiary/aromatic N) is 2. The van der Waals surface area contributed by atoms with Crippen LogP contribution in [0.15, 0.2) is 5.10 Å². The molecule has 0 fully saturated rings. The molecule has 0 spiro atoms. The summed E-state index contributed by atoms with van der Waals surface area (Å²) >= 11 is 0. The molecule has 0 radical (unpaired) electrons. The topological polar surface area (TPSA) is 15.6 Å². The Morgan fingerprint density at radius 2 is 1.91 bits per heavy atom. The minimum absolute atomic E-state index is 1.02. The maximum Gasteiger partial charge on any atom is 0.0357 e. The molecule has 0 aliphatic heterocycles. The van der Waals surface area contributed by atoms with Crippen LogP contribution in [-0.2, 0) is 0 Å². The average molecular weight is 156 g/mol. The highest BCUT2D eigenvalue weighted by Gasteiger charge is 1.94. The van der Waals surface area contributed by atoms with Crippen molar-refractivity contribution < 1.29 is 0 Å². The third-order valence-corrected chi connectivity index (χ3v) is 1.67. The molecular formula is C9H20N2. The van der Waals surface area contributed by atoms with Crippen molar-refractivity contribution in [1.82, 2.24) is 5.01 Å². The van der Waals surface area contributed by atoms with Crippen molar-refractivity contribution in [1.29, 1.82) is 0 Å². The van der Waals surface area contributed by atoms with E-state index in [9.17, 15) is 0 Å². The van der Waals surface area contributed by atoms with Crippen molar-refractivity contribution in [2.75, 3.05) is 13.1 Å². The Balaban J connectivity index is 3.84. The third kappa shape index (κ3) is 4.82. The van der Waals surface area contributed by atoms with E-state index in [1.54, 1.807) is 0 Å². The van der Waals surface area contributed by atoms with Crippen LogP contribution < -0.4 is 0 Å². The summed E-state index contributed by atoms with van der Waals surface area (Å²) in [6, 6.07) is 0. The smallest absolute Gasteiger partial charge is 0.0357 e. The van der Waals surface area contributed by atoms with Gasteiger partial charge in [-0.1, -0.05) is 13.8 Å². The van der Waals surface area contributed by atoms with Crippen LogP contribution in [0.25, 0.3) is 0 Å². The van der Waals surface area contributed by atoms with Crippen LogP contribution >= 0.6 is 0 Å². The first-order chi connectivity index (χ1) is 5.24. The highest BCUT2D eigenvalue weighted by Crippen LogP contribution is 1.94. The van der Waals surface area contributed by atoms with Crippen LogP contribution in [0.2, 0.25) is 0 Å². The van der Waals surface area contributed by atoms with Gasteiger partial charge in [-0.05, 0) is 26.7 Å². The minimum Gasteiger partial charge on any atom is -0.297 e. The molecule has 0 amide bonds. The van der Waals surface area contributed by atoms with Crippen molar-refractivity contribution >= 4 is 5.71 Å². The lowest BCUT2D eigenvalue weighted by molar-refractivity contribution is 0.304. The van der Waals surface area contributed by atoms with Crippen LogP contribution in [0.3, 0.4) is 0 Å². The van der Waals surface area contributed by atoms with Crippen LogP contribution in [-0.4, -0.2) is 23.8 Å². The van der Waals surface area contributed by atoms with E-state index < -0.39 is 0 Å². The van der Waals surface area contributed by atoms with Crippen molar-refractivity contribution in [3.63, 3.8) is 0 Å². The zero-order valence-electron chi connectivity index (χ0n) is 8.22. The van der Waals surface area contributed by atoms with Crippen molar-refractivity contribution in [3.8, 4) is 0 Å². The second-order valence-corrected chi connectivity index (χ2v) is 2.74. The predicted octanol–water partition coefficient (Wildman–Crippen LogP) is 2.50. The van der Waals surface area contributed by atoms with E-state index in [-0.39, 0.29) is 0 Å². The van der Waals surface area contributed by atoms with Gasteiger partial charge in [-0.2, -0.15) is 5.10 Å². The molecule has 0 aromatic rings. The van der Waals surface area contributed by atoms with Crippen LogP contribution in [0.5, 0.6) is 0 Å². The van der Waals surface area contributed by atoms with Crippen molar-refractivity contribution in [3.05, 3.63) is 0 Å². The van der Waals surface area contributed by atoms with Crippen molar-refractivity contribution in [2.45, 2.75) is 40.5 Å². The zero-order valence-corrected chi connectivity index (χ0v) is 8.22. The van der Waals surface area contributed by atoms with E-state index in [1.165, 1.54) is 12.1 Å². The first kappa shape index (κ1) is 10.5. The van der Waals surface area contributed by atoms with Gasteiger partial charge in [-0.3, -0.25) is 5.01 Å². The molecular weight excluding hydrogens is 136 g/mol. The molecule has 2 nitrogen and oxygen atoms in total. The Labute approximate surface area is 70.3 Å². The number of hydrogen-bond acceptors (Lipinski definition) is 2. The van der Waals surface area contributed by atoms with Gasteiger partial charge in [0.25, 0.3) is 0 Å². The summed E-state index contributed by atoms with van der Waals surface area (Å²) in [4.78, 5) is 0. The molecule has 0 saturated heterocycles. The molecule has 0 atom stereocenters. The molecule has 0 aromatic heterocycles. The molecule has 11 heavy (non-hydrogen) atoms. The summed E-state index contributed by atoms with van der Waals surface area (Å²) in [5.41, 5.74) is 1.22. The monoisotopic (exact) mass is 156 g/mol. The maximum atomic E-state index is 4.45. The Kier molecular flexibility index (Phi) is 5.90. The molecule has 0 N–H and O–H groups in total. The van der Waals surface area contributed by atoms with Gasteiger partial charge >= 0.3 is 0 Å². The molecule has 0 heterocycles. The molecule has 0 bridgehead atoms. The Hall–Kier alpha value is -0.530. The summed E-state index contributed by atoms with van der Waals surface area (Å²) < 4.78 is 0. The number of hydrogen-bond donors (Lipinski definition) is 0. The second kappa shape index (κ2) is 6.20. The fourth-order valence-electron chi connectivity index (χ4n) is 0.849. The zero-order chi connectivity index (χ0) is 8.69. The van der Waals surface area contributed by atoms with E-state index in [0.29, 0.717) is 0 Å². The first-order valence-corrected chi connectivity index (χ1v) is 4.53. The van der Waals surface area contributed by atoms with Gasteiger partial charge in [0.2, 0.25) is 0 Å². The van der Waals surface area contributed by atoms with Gasteiger partial charge in [0, 0.05) is 18.8 Å². The Morgan fingerprint density at radius 3 is 2.27 bits per heavy atom. The standard InChI is InChI=1S/C9H20N2/c1-5-8-11(7-3)10-9(4)6-2/h5-8H2,1-4H3. The molecule has 66 valence electrons. The highest BCUT2D eigenvalue weighted by atomic mass is 15.4. The van der Waals surface area contributed by atoms with E-state index in [0.717, 1.165) is 19.5 Å². The normalized spacial score (nSPS) is 11.8. The lowest BCUT2D eigenvalue weighted by Gasteiger charge is -2.16. The van der Waals surface area contributed by atoms with Crippen LogP contribution in [0, 0.1) is 0 Å². The summed E-state index contributed by atoms with van der Waals surface area (Å²) in [6.45, 7) is 10.6. The van der Waals surface area contributed by atoms with E-state index in [1.807, 2.05) is 0 Å². The minimum atomic E-state index is 1.02. The van der Waals surface area contributed by atoms with Crippen molar-refractivity contribution in [2.24, 2.45) is 5.10 Å². The van der Waals surface area contributed by atoms with Crippen LogP contribution in [0.4, 0.5) is 0 Å². The molecule has 0 aliphatic rings. The fraction of sp³-hybridized carbons (Fsp3) is 0.889. The second-order valence-electron chi connectivity index (χ2n) is 2.74. The highest BCUT2D eigenvalue weighted by molar-refractivity contribution is 5.81. The maximum absolute atomic E-state index is 4.45. The molecule has 2 heteroatoms. The summed E-state index contributed by atoms with van der Waals surface area (Å²) in [7, 11) is 0. The Bertz CT molecular complexity index is 119. The average Bonchev–Trinajstić information content (AvgIpc) is 2.03. The number of hydrazone groups is 1. The molecule has 0 aromatic carbocycles. The summed E-state index contributed by atoms with van der Waals surface area (Å²) in [5, 5.41) is 6.58. The van der Waals surface area contributed by atoms with E-state index in [4.69, 9.17) is 0 Å². The SMILES string of the molecule is CCCN(CC)N=C(C)CC. The lowest BCUT2D eigenvalue weighted by atomic mass is 10.3. The van der Waals surface area contributed by atoms with Gasteiger partial charge in [0.1, 0.15) is 0 Å². The summed E-state index contributed by atoms with van der Waals surface area (Å²) in [6.07, 6.45) is 2.23. The Morgan fingerprint density at radius 1 is 1.27 bits per heavy atom. The molecule has 0 aliphatic carbocycles. The third-order valence-electron chi connectivity index (χ3n) is 1.67. The van der Waals surface area contributed by atoms with Gasteiger partial charge in [0.15, 0.2) is 0 Å². The number of rotatable bonds is 5. The van der Waals surface area contributed by atoms with Gasteiger partial charge in [-0.15, -0.1) is 0 Å². The van der Waals surface area contributed by atoms with Gasteiger partial charge in [0.05, 0.1) is 0 Å². The lowest BCUT2D eigenvalue weighted by Crippen LogP contribution is -2.19. The molecule has 0 unspecified atom stereocenters. The first-order valence-electron chi connectivity index (χ1n) is 4.53. The van der Waals surface area contributed by atoms with Crippen LogP contribution in [0.1, 0.15) is 40.5 Å². The quantitative estimate of drug-likeness (QED) is 0.441. The van der Waals surface area contributed by atoms with E-state index in [2.05, 4.69) is 37.8 Å². The largest absolute Gasteiger partial charge is 0.297 e. The fourth-order valence-corrected chi connectivity index (χ4v) is 0.849. The molecule has 0 saturated carbocycles.